The van der Waals surface area contributed by atoms with Crippen molar-refractivity contribution in [2.75, 3.05) is 0 Å². The van der Waals surface area contributed by atoms with Crippen LogP contribution in [0.5, 0.6) is 0 Å². The van der Waals surface area contributed by atoms with Gasteiger partial charge in [0.1, 0.15) is 11.6 Å². The van der Waals surface area contributed by atoms with Crippen LogP contribution in [0.25, 0.3) is 0 Å². The molecule has 0 aliphatic rings. The first-order valence-electron chi connectivity index (χ1n) is 6.60. The van der Waals surface area contributed by atoms with Gasteiger partial charge in [-0.15, -0.1) is 0 Å². The fourth-order valence-corrected chi connectivity index (χ4v) is 2.39. The predicted octanol–water partition coefficient (Wildman–Crippen LogP) is 4.31. The SMILES string of the molecule is CC(C)(C)c1ccccc1C(N)c1cc(F)cc(F)c1. The van der Waals surface area contributed by atoms with Gasteiger partial charge in [0.25, 0.3) is 0 Å². The first-order valence-corrected chi connectivity index (χ1v) is 6.60. The molecule has 0 bridgehead atoms. The van der Waals surface area contributed by atoms with E-state index in [0.29, 0.717) is 5.56 Å². The van der Waals surface area contributed by atoms with Crippen LogP contribution in [0.4, 0.5) is 8.78 Å². The Labute approximate surface area is 118 Å². The summed E-state index contributed by atoms with van der Waals surface area (Å²) in [7, 11) is 0. The van der Waals surface area contributed by atoms with Crippen LogP contribution in [0, 0.1) is 11.6 Å². The van der Waals surface area contributed by atoms with E-state index >= 15 is 0 Å². The molecule has 1 unspecified atom stereocenters. The summed E-state index contributed by atoms with van der Waals surface area (Å²) >= 11 is 0. The highest BCUT2D eigenvalue weighted by atomic mass is 19.1. The molecule has 0 aliphatic heterocycles. The van der Waals surface area contributed by atoms with Crippen molar-refractivity contribution in [3.63, 3.8) is 0 Å². The van der Waals surface area contributed by atoms with Crippen LogP contribution in [0.1, 0.15) is 43.5 Å². The van der Waals surface area contributed by atoms with E-state index in [2.05, 4.69) is 20.8 Å². The molecule has 0 saturated heterocycles. The Morgan fingerprint density at radius 3 is 2.05 bits per heavy atom. The van der Waals surface area contributed by atoms with Gasteiger partial charge in [0, 0.05) is 6.07 Å². The minimum absolute atomic E-state index is 0.0833. The van der Waals surface area contributed by atoms with Crippen molar-refractivity contribution in [1.82, 2.24) is 0 Å². The molecular formula is C17H19F2N. The molecule has 0 aromatic heterocycles. The second-order valence-electron chi connectivity index (χ2n) is 6.02. The van der Waals surface area contributed by atoms with Crippen LogP contribution in [0.3, 0.4) is 0 Å². The lowest BCUT2D eigenvalue weighted by molar-refractivity contribution is 0.569. The van der Waals surface area contributed by atoms with Crippen LogP contribution in [0.15, 0.2) is 42.5 Å². The van der Waals surface area contributed by atoms with E-state index in [1.54, 1.807) is 0 Å². The predicted molar refractivity (Wildman–Crippen MR) is 77.5 cm³/mol. The number of rotatable bonds is 2. The Morgan fingerprint density at radius 1 is 0.950 bits per heavy atom. The van der Waals surface area contributed by atoms with Crippen LogP contribution in [-0.2, 0) is 5.41 Å². The van der Waals surface area contributed by atoms with Gasteiger partial charge in [-0.25, -0.2) is 8.78 Å². The fourth-order valence-electron chi connectivity index (χ4n) is 2.39. The van der Waals surface area contributed by atoms with E-state index in [0.717, 1.165) is 17.2 Å². The highest BCUT2D eigenvalue weighted by molar-refractivity contribution is 5.40. The maximum absolute atomic E-state index is 13.3. The van der Waals surface area contributed by atoms with E-state index in [9.17, 15) is 8.78 Å². The quantitative estimate of drug-likeness (QED) is 0.868. The molecule has 0 fully saturated rings. The van der Waals surface area contributed by atoms with E-state index in [4.69, 9.17) is 5.73 Å². The summed E-state index contributed by atoms with van der Waals surface area (Å²) < 4.78 is 26.7. The summed E-state index contributed by atoms with van der Waals surface area (Å²) in [5.41, 5.74) is 8.55. The highest BCUT2D eigenvalue weighted by Crippen LogP contribution is 2.31. The minimum atomic E-state index is -0.608. The minimum Gasteiger partial charge on any atom is -0.320 e. The van der Waals surface area contributed by atoms with Gasteiger partial charge in [-0.3, -0.25) is 0 Å². The number of nitrogens with two attached hydrogens (primary N) is 1. The van der Waals surface area contributed by atoms with E-state index in [1.165, 1.54) is 12.1 Å². The molecule has 0 aliphatic carbocycles. The van der Waals surface area contributed by atoms with E-state index < -0.39 is 17.7 Å². The zero-order chi connectivity index (χ0) is 14.9. The second-order valence-corrected chi connectivity index (χ2v) is 6.02. The van der Waals surface area contributed by atoms with Gasteiger partial charge >= 0.3 is 0 Å². The molecule has 0 amide bonds. The average Bonchev–Trinajstić information content (AvgIpc) is 2.35. The number of benzene rings is 2. The van der Waals surface area contributed by atoms with Gasteiger partial charge in [-0.2, -0.15) is 0 Å². The molecular weight excluding hydrogens is 256 g/mol. The first-order chi connectivity index (χ1) is 9.29. The lowest BCUT2D eigenvalue weighted by atomic mass is 9.81. The normalized spacial score (nSPS) is 13.3. The van der Waals surface area contributed by atoms with Crippen molar-refractivity contribution < 1.29 is 8.78 Å². The number of hydrogen-bond acceptors (Lipinski definition) is 1. The zero-order valence-electron chi connectivity index (χ0n) is 12.0. The monoisotopic (exact) mass is 275 g/mol. The Morgan fingerprint density at radius 2 is 1.50 bits per heavy atom. The average molecular weight is 275 g/mol. The largest absolute Gasteiger partial charge is 0.320 e. The molecule has 3 heteroatoms. The molecule has 0 saturated carbocycles. The maximum atomic E-state index is 13.3. The Bertz CT molecular complexity index is 594. The van der Waals surface area contributed by atoms with Crippen molar-refractivity contribution in [2.45, 2.75) is 32.2 Å². The molecule has 0 radical (unpaired) electrons. The smallest absolute Gasteiger partial charge is 0.126 e. The second kappa shape index (κ2) is 5.33. The standard InChI is InChI=1S/C17H19F2N/c1-17(2,3)15-7-5-4-6-14(15)16(20)11-8-12(18)10-13(19)9-11/h4-10,16H,20H2,1-3H3. The van der Waals surface area contributed by atoms with Crippen LogP contribution >= 0.6 is 0 Å². The molecule has 1 atom stereocenters. The third-order valence-electron chi connectivity index (χ3n) is 3.35. The summed E-state index contributed by atoms with van der Waals surface area (Å²) in [6, 6.07) is 10.6. The molecule has 106 valence electrons. The lowest BCUT2D eigenvalue weighted by Crippen LogP contribution is -2.20. The summed E-state index contributed by atoms with van der Waals surface area (Å²) in [5, 5.41) is 0. The van der Waals surface area contributed by atoms with Crippen LogP contribution in [0.2, 0.25) is 0 Å². The summed E-state index contributed by atoms with van der Waals surface area (Å²) in [4.78, 5) is 0. The van der Waals surface area contributed by atoms with Gasteiger partial charge in [0.15, 0.2) is 0 Å². The van der Waals surface area contributed by atoms with E-state index in [-0.39, 0.29) is 5.41 Å². The molecule has 2 aromatic carbocycles. The summed E-state index contributed by atoms with van der Waals surface area (Å²) in [5.74, 6) is -1.22. The molecule has 0 heterocycles. The molecule has 2 aromatic rings. The van der Waals surface area contributed by atoms with Crippen molar-refractivity contribution >= 4 is 0 Å². The Kier molecular flexibility index (Phi) is 3.91. The first kappa shape index (κ1) is 14.7. The highest BCUT2D eigenvalue weighted by Gasteiger charge is 2.22. The van der Waals surface area contributed by atoms with Gasteiger partial charge in [-0.05, 0) is 34.2 Å². The number of halogens is 2. The Balaban J connectivity index is 2.51. The summed E-state index contributed by atoms with van der Waals surface area (Å²) in [6.45, 7) is 6.26. The zero-order valence-corrected chi connectivity index (χ0v) is 12.0. The van der Waals surface area contributed by atoms with Crippen molar-refractivity contribution in [1.29, 1.82) is 0 Å². The molecule has 2 N–H and O–H groups in total. The van der Waals surface area contributed by atoms with Crippen molar-refractivity contribution in [3.8, 4) is 0 Å². The molecule has 20 heavy (non-hydrogen) atoms. The van der Waals surface area contributed by atoms with Crippen molar-refractivity contribution in [2.24, 2.45) is 5.73 Å². The third kappa shape index (κ3) is 3.05. The number of hydrogen-bond donors (Lipinski definition) is 1. The molecule has 0 spiro atoms. The van der Waals surface area contributed by atoms with E-state index in [1.807, 2.05) is 24.3 Å². The van der Waals surface area contributed by atoms with Crippen LogP contribution < -0.4 is 5.73 Å². The van der Waals surface area contributed by atoms with Gasteiger partial charge in [-0.1, -0.05) is 45.0 Å². The lowest BCUT2D eigenvalue weighted by Gasteiger charge is -2.26. The fraction of sp³-hybridized carbons (Fsp3) is 0.294. The molecule has 1 nitrogen and oxygen atoms in total. The maximum Gasteiger partial charge on any atom is 0.126 e. The molecule has 2 rings (SSSR count). The van der Waals surface area contributed by atoms with Gasteiger partial charge < -0.3 is 5.73 Å². The summed E-state index contributed by atoms with van der Waals surface area (Å²) in [6.07, 6.45) is 0. The van der Waals surface area contributed by atoms with Crippen molar-refractivity contribution in [3.05, 3.63) is 70.8 Å². The Hall–Kier alpha value is -1.74. The van der Waals surface area contributed by atoms with Gasteiger partial charge in [0.2, 0.25) is 0 Å². The third-order valence-corrected chi connectivity index (χ3v) is 3.35. The van der Waals surface area contributed by atoms with Gasteiger partial charge in [0.05, 0.1) is 6.04 Å². The topological polar surface area (TPSA) is 26.0 Å². The van der Waals surface area contributed by atoms with Crippen LogP contribution in [-0.4, -0.2) is 0 Å².